The molecule has 0 unspecified atom stereocenters. The van der Waals surface area contributed by atoms with Gasteiger partial charge in [0.05, 0.1) is 12.5 Å². The SMILES string of the molecule is CCOC(=O)CC/C=C\C[C@@H](NC(=O)OCC1c2ccccc2-c2ccccc21)[C@H](C)C(=O)O. The molecule has 0 saturated carbocycles. The Labute approximate surface area is 199 Å². The second kappa shape index (κ2) is 12.0. The van der Waals surface area contributed by atoms with E-state index in [-0.39, 0.29) is 24.9 Å². The predicted molar refractivity (Wildman–Crippen MR) is 128 cm³/mol. The Hall–Kier alpha value is -3.61. The predicted octanol–water partition coefficient (Wildman–Crippen LogP) is 4.90. The van der Waals surface area contributed by atoms with E-state index < -0.39 is 24.0 Å². The van der Waals surface area contributed by atoms with Gasteiger partial charge < -0.3 is 19.9 Å². The van der Waals surface area contributed by atoms with Gasteiger partial charge >= 0.3 is 18.0 Å². The highest BCUT2D eigenvalue weighted by Gasteiger charge is 2.30. The summed E-state index contributed by atoms with van der Waals surface area (Å²) in [5, 5.41) is 12.1. The van der Waals surface area contributed by atoms with E-state index in [4.69, 9.17) is 9.47 Å². The van der Waals surface area contributed by atoms with Crippen LogP contribution in [-0.2, 0) is 19.1 Å². The van der Waals surface area contributed by atoms with Crippen LogP contribution in [0.25, 0.3) is 11.1 Å². The monoisotopic (exact) mass is 465 g/mol. The summed E-state index contributed by atoms with van der Waals surface area (Å²) in [7, 11) is 0. The Morgan fingerprint density at radius 2 is 1.62 bits per heavy atom. The van der Waals surface area contributed by atoms with Crippen molar-refractivity contribution < 1.29 is 29.0 Å². The van der Waals surface area contributed by atoms with Crippen molar-refractivity contribution in [2.75, 3.05) is 13.2 Å². The molecular formula is C27H31NO6. The summed E-state index contributed by atoms with van der Waals surface area (Å²) in [5.74, 6) is -2.17. The lowest BCUT2D eigenvalue weighted by Crippen LogP contribution is -2.42. The van der Waals surface area contributed by atoms with E-state index in [0.717, 1.165) is 22.3 Å². The van der Waals surface area contributed by atoms with Crippen LogP contribution < -0.4 is 5.32 Å². The largest absolute Gasteiger partial charge is 0.481 e. The maximum atomic E-state index is 12.6. The molecule has 34 heavy (non-hydrogen) atoms. The molecule has 3 rings (SSSR count). The minimum Gasteiger partial charge on any atom is -0.481 e. The van der Waals surface area contributed by atoms with Gasteiger partial charge in [-0.25, -0.2) is 4.79 Å². The van der Waals surface area contributed by atoms with Gasteiger partial charge in [-0.1, -0.05) is 60.7 Å². The summed E-state index contributed by atoms with van der Waals surface area (Å²) in [6.07, 6.45) is 3.95. The number of hydrogen-bond acceptors (Lipinski definition) is 5. The smallest absolute Gasteiger partial charge is 0.407 e. The van der Waals surface area contributed by atoms with Crippen LogP contribution in [0, 0.1) is 5.92 Å². The number of aliphatic carboxylic acids is 1. The first-order valence-electron chi connectivity index (χ1n) is 11.6. The minimum absolute atomic E-state index is 0.0729. The van der Waals surface area contributed by atoms with Crippen molar-refractivity contribution in [3.05, 3.63) is 71.8 Å². The summed E-state index contributed by atoms with van der Waals surface area (Å²) in [5.41, 5.74) is 4.49. The second-order valence-electron chi connectivity index (χ2n) is 8.25. The molecule has 0 heterocycles. The normalized spacial score (nSPS) is 14.2. The van der Waals surface area contributed by atoms with E-state index in [9.17, 15) is 19.5 Å². The first kappa shape index (κ1) is 25.0. The second-order valence-corrected chi connectivity index (χ2v) is 8.25. The number of rotatable bonds is 11. The van der Waals surface area contributed by atoms with Crippen molar-refractivity contribution in [2.45, 2.75) is 45.1 Å². The number of carbonyl (C=O) groups is 3. The molecule has 7 heteroatoms. The molecule has 1 aliphatic carbocycles. The molecule has 2 atom stereocenters. The molecule has 1 amide bonds. The number of benzene rings is 2. The molecule has 7 nitrogen and oxygen atoms in total. The van der Waals surface area contributed by atoms with Gasteiger partial charge in [-0.2, -0.15) is 0 Å². The van der Waals surface area contributed by atoms with Crippen LogP contribution in [0.5, 0.6) is 0 Å². The summed E-state index contributed by atoms with van der Waals surface area (Å²) in [6, 6.07) is 15.5. The molecule has 1 aliphatic rings. The van der Waals surface area contributed by atoms with Crippen LogP contribution in [0.1, 0.15) is 50.2 Å². The average molecular weight is 466 g/mol. The minimum atomic E-state index is -1.01. The van der Waals surface area contributed by atoms with Crippen molar-refractivity contribution >= 4 is 18.0 Å². The number of amides is 1. The quantitative estimate of drug-likeness (QED) is 0.361. The maximum absolute atomic E-state index is 12.6. The lowest BCUT2D eigenvalue weighted by molar-refractivity contribution is -0.143. The number of esters is 1. The van der Waals surface area contributed by atoms with Crippen molar-refractivity contribution in [3.8, 4) is 11.1 Å². The van der Waals surface area contributed by atoms with E-state index >= 15 is 0 Å². The number of ether oxygens (including phenoxy) is 2. The number of carbonyl (C=O) groups excluding carboxylic acids is 2. The number of nitrogens with one attached hydrogen (secondary N) is 1. The van der Waals surface area contributed by atoms with Crippen LogP contribution in [0.2, 0.25) is 0 Å². The van der Waals surface area contributed by atoms with Crippen LogP contribution in [0.4, 0.5) is 4.79 Å². The highest BCUT2D eigenvalue weighted by Crippen LogP contribution is 2.44. The van der Waals surface area contributed by atoms with Crippen LogP contribution in [0.3, 0.4) is 0 Å². The summed E-state index contributed by atoms with van der Waals surface area (Å²) < 4.78 is 10.4. The summed E-state index contributed by atoms with van der Waals surface area (Å²) in [4.78, 5) is 35.5. The Balaban J connectivity index is 1.58. The molecule has 0 spiro atoms. The fourth-order valence-electron chi connectivity index (χ4n) is 4.15. The fourth-order valence-corrected chi connectivity index (χ4v) is 4.15. The van der Waals surface area contributed by atoms with Gasteiger partial charge in [0.2, 0.25) is 0 Å². The van der Waals surface area contributed by atoms with Crippen molar-refractivity contribution in [2.24, 2.45) is 5.92 Å². The molecule has 180 valence electrons. The third-order valence-electron chi connectivity index (χ3n) is 6.02. The number of carboxylic acids is 1. The van der Waals surface area contributed by atoms with Gasteiger partial charge in [-0.3, -0.25) is 9.59 Å². The molecule has 0 radical (unpaired) electrons. The Kier molecular flexibility index (Phi) is 8.85. The lowest BCUT2D eigenvalue weighted by Gasteiger charge is -2.22. The third kappa shape index (κ3) is 6.25. The van der Waals surface area contributed by atoms with Gasteiger partial charge in [-0.05, 0) is 48.9 Å². The van der Waals surface area contributed by atoms with E-state index in [2.05, 4.69) is 17.4 Å². The Morgan fingerprint density at radius 3 is 2.21 bits per heavy atom. The van der Waals surface area contributed by atoms with Gasteiger partial charge in [0.25, 0.3) is 0 Å². The topological polar surface area (TPSA) is 102 Å². The molecule has 0 bridgehead atoms. The molecule has 2 N–H and O–H groups in total. The third-order valence-corrected chi connectivity index (χ3v) is 6.02. The zero-order chi connectivity index (χ0) is 24.5. The van der Waals surface area contributed by atoms with Gasteiger partial charge in [0.15, 0.2) is 0 Å². The Bertz CT molecular complexity index is 1000. The highest BCUT2D eigenvalue weighted by atomic mass is 16.5. The van der Waals surface area contributed by atoms with Crippen molar-refractivity contribution in [3.63, 3.8) is 0 Å². The zero-order valence-electron chi connectivity index (χ0n) is 19.5. The average Bonchev–Trinajstić information content (AvgIpc) is 3.15. The molecule has 2 aromatic rings. The van der Waals surface area contributed by atoms with Gasteiger partial charge in [0, 0.05) is 18.4 Å². The molecule has 0 saturated heterocycles. The Morgan fingerprint density at radius 1 is 1.00 bits per heavy atom. The number of carboxylic acid groups (broad SMARTS) is 1. The molecule has 0 fully saturated rings. The first-order valence-corrected chi connectivity index (χ1v) is 11.6. The standard InChI is InChI=1S/C27H31NO6/c1-3-33-25(29)16-6-4-5-15-24(18(2)26(30)31)28-27(32)34-17-23-21-13-9-7-11-19(21)20-12-8-10-14-22(20)23/h4-5,7-14,18,23-24H,3,6,15-17H2,1-2H3,(H,28,32)(H,30,31)/b5-4-/t18-,24+/m0/s1. The molecule has 0 aliphatic heterocycles. The maximum Gasteiger partial charge on any atom is 0.407 e. The van der Waals surface area contributed by atoms with Gasteiger partial charge in [0.1, 0.15) is 6.61 Å². The number of fused-ring (bicyclic) bond motifs is 3. The number of hydrogen-bond donors (Lipinski definition) is 2. The summed E-state index contributed by atoms with van der Waals surface area (Å²) in [6.45, 7) is 3.79. The van der Waals surface area contributed by atoms with Crippen LogP contribution >= 0.6 is 0 Å². The number of allylic oxidation sites excluding steroid dienone is 1. The molecule has 2 aromatic carbocycles. The van der Waals surface area contributed by atoms with Crippen LogP contribution in [0.15, 0.2) is 60.7 Å². The number of alkyl carbamates (subject to hydrolysis) is 1. The van der Waals surface area contributed by atoms with E-state index in [0.29, 0.717) is 19.4 Å². The lowest BCUT2D eigenvalue weighted by atomic mass is 9.98. The molecular weight excluding hydrogens is 434 g/mol. The summed E-state index contributed by atoms with van der Waals surface area (Å²) >= 11 is 0. The van der Waals surface area contributed by atoms with Gasteiger partial charge in [-0.15, -0.1) is 0 Å². The fraction of sp³-hybridized carbons (Fsp3) is 0.370. The van der Waals surface area contributed by atoms with Crippen LogP contribution in [-0.4, -0.2) is 42.4 Å². The zero-order valence-corrected chi connectivity index (χ0v) is 19.5. The first-order chi connectivity index (χ1) is 16.4. The van der Waals surface area contributed by atoms with E-state index in [1.807, 2.05) is 36.4 Å². The van der Waals surface area contributed by atoms with Crippen molar-refractivity contribution in [1.82, 2.24) is 5.32 Å². The highest BCUT2D eigenvalue weighted by molar-refractivity contribution is 5.79. The van der Waals surface area contributed by atoms with Crippen molar-refractivity contribution in [1.29, 1.82) is 0 Å². The molecule has 0 aromatic heterocycles. The van der Waals surface area contributed by atoms with E-state index in [1.165, 1.54) is 0 Å². The van der Waals surface area contributed by atoms with E-state index in [1.54, 1.807) is 26.0 Å².